The summed E-state index contributed by atoms with van der Waals surface area (Å²) in [5.74, 6) is 1.09. The molecule has 0 atom stereocenters. The molecule has 1 aromatic heterocycles. The van der Waals surface area contributed by atoms with Gasteiger partial charge in [-0.2, -0.15) is 0 Å². The van der Waals surface area contributed by atoms with Crippen LogP contribution in [0.3, 0.4) is 0 Å². The average Bonchev–Trinajstić information content (AvgIpc) is 3.26. The van der Waals surface area contributed by atoms with Crippen molar-refractivity contribution in [2.45, 2.75) is 6.54 Å². The number of para-hydroxylation sites is 2. The Labute approximate surface area is 164 Å². The van der Waals surface area contributed by atoms with Crippen LogP contribution in [0.1, 0.15) is 5.76 Å². The van der Waals surface area contributed by atoms with Crippen molar-refractivity contribution in [3.05, 3.63) is 48.4 Å². The Hall–Kier alpha value is -3.00. The van der Waals surface area contributed by atoms with Crippen LogP contribution in [0.15, 0.2) is 47.1 Å². The largest absolute Gasteiger partial charge is 0.495 e. The van der Waals surface area contributed by atoms with Gasteiger partial charge in [-0.15, -0.1) is 0 Å². The summed E-state index contributed by atoms with van der Waals surface area (Å²) in [6.45, 7) is 2.67. The minimum absolute atomic E-state index is 0.108. The number of rotatable bonds is 8. The van der Waals surface area contributed by atoms with Gasteiger partial charge in [0, 0.05) is 26.2 Å². The predicted molar refractivity (Wildman–Crippen MR) is 103 cm³/mol. The highest BCUT2D eigenvalue weighted by molar-refractivity contribution is 5.80. The molecule has 0 spiro atoms. The number of methoxy groups -OCH3 is 1. The summed E-state index contributed by atoms with van der Waals surface area (Å²) in [4.78, 5) is 28.0. The lowest BCUT2D eigenvalue weighted by atomic mass is 10.2. The average molecular weight is 387 g/mol. The summed E-state index contributed by atoms with van der Waals surface area (Å²) in [6, 6.07) is 11.4. The molecule has 8 heteroatoms. The van der Waals surface area contributed by atoms with Crippen LogP contribution in [0, 0.1) is 0 Å². The summed E-state index contributed by atoms with van der Waals surface area (Å²) < 4.78 is 15.8. The van der Waals surface area contributed by atoms with Gasteiger partial charge in [-0.1, -0.05) is 12.1 Å². The van der Waals surface area contributed by atoms with E-state index in [0.717, 1.165) is 24.5 Å². The number of hydrogen-bond donors (Lipinski definition) is 1. The monoisotopic (exact) mass is 387 g/mol. The topological polar surface area (TPSA) is 84.2 Å². The molecule has 2 aromatic rings. The Bertz CT molecular complexity index is 770. The van der Waals surface area contributed by atoms with Crippen molar-refractivity contribution in [1.82, 2.24) is 10.2 Å². The zero-order valence-corrected chi connectivity index (χ0v) is 15.9. The van der Waals surface area contributed by atoms with E-state index in [-0.39, 0.29) is 25.0 Å². The molecule has 150 valence electrons. The first-order valence-electron chi connectivity index (χ1n) is 9.20. The first-order valence-corrected chi connectivity index (χ1v) is 9.20. The molecule has 0 radical (unpaired) electrons. The minimum atomic E-state index is -0.287. The fourth-order valence-corrected chi connectivity index (χ4v) is 3.06. The third kappa shape index (κ3) is 5.26. The van der Waals surface area contributed by atoms with Crippen LogP contribution < -0.4 is 15.0 Å². The first kappa shape index (κ1) is 19.8. The molecular weight excluding hydrogens is 362 g/mol. The van der Waals surface area contributed by atoms with Crippen LogP contribution >= 0.6 is 0 Å². The van der Waals surface area contributed by atoms with E-state index < -0.39 is 0 Å². The first-order chi connectivity index (χ1) is 13.7. The molecule has 0 unspecified atom stereocenters. The fraction of sp³-hybridized carbons (Fsp3) is 0.400. The van der Waals surface area contributed by atoms with Gasteiger partial charge in [0.05, 0.1) is 25.6 Å². The Balaban J connectivity index is 1.36. The summed E-state index contributed by atoms with van der Waals surface area (Å²) >= 11 is 0. The molecule has 8 nitrogen and oxygen atoms in total. The van der Waals surface area contributed by atoms with Gasteiger partial charge in [0.15, 0.2) is 0 Å². The highest BCUT2D eigenvalue weighted by atomic mass is 16.5. The molecule has 1 N–H and O–H groups in total. The standard InChI is InChI=1S/C20H25N3O5/c1-26-18-7-3-2-6-17(18)22-8-10-23(11-9-22)20(25)15-27-14-19(24)21-13-16-5-4-12-28-16/h2-7,12H,8-11,13-15H2,1H3,(H,21,24). The molecule has 3 rings (SSSR count). The van der Waals surface area contributed by atoms with E-state index in [2.05, 4.69) is 10.2 Å². The number of furan rings is 1. The van der Waals surface area contributed by atoms with E-state index >= 15 is 0 Å². The lowest BCUT2D eigenvalue weighted by molar-refractivity contribution is -0.138. The van der Waals surface area contributed by atoms with Gasteiger partial charge >= 0.3 is 0 Å². The van der Waals surface area contributed by atoms with Gasteiger partial charge in [-0.3, -0.25) is 9.59 Å². The molecule has 1 saturated heterocycles. The second kappa shape index (κ2) is 9.80. The molecule has 0 bridgehead atoms. The van der Waals surface area contributed by atoms with E-state index in [4.69, 9.17) is 13.9 Å². The van der Waals surface area contributed by atoms with E-state index in [1.807, 2.05) is 24.3 Å². The van der Waals surface area contributed by atoms with Crippen molar-refractivity contribution in [2.24, 2.45) is 0 Å². The Kier molecular flexibility index (Phi) is 6.91. The molecule has 2 heterocycles. The normalized spacial score (nSPS) is 14.0. The summed E-state index contributed by atoms with van der Waals surface area (Å²) in [5, 5.41) is 2.67. The highest BCUT2D eigenvalue weighted by Crippen LogP contribution is 2.28. The van der Waals surface area contributed by atoms with Crippen LogP contribution in [0.2, 0.25) is 0 Å². The van der Waals surface area contributed by atoms with Crippen molar-refractivity contribution in [1.29, 1.82) is 0 Å². The van der Waals surface area contributed by atoms with Crippen molar-refractivity contribution in [3.8, 4) is 5.75 Å². The molecule has 1 aliphatic rings. The molecule has 1 aromatic carbocycles. The van der Waals surface area contributed by atoms with E-state index in [1.165, 1.54) is 0 Å². The van der Waals surface area contributed by atoms with Crippen LogP contribution in [0.4, 0.5) is 5.69 Å². The molecular formula is C20H25N3O5. The van der Waals surface area contributed by atoms with Crippen LogP contribution in [0.25, 0.3) is 0 Å². The van der Waals surface area contributed by atoms with Gasteiger partial charge in [-0.05, 0) is 24.3 Å². The number of anilines is 1. The van der Waals surface area contributed by atoms with Crippen LogP contribution in [-0.2, 0) is 20.9 Å². The van der Waals surface area contributed by atoms with Crippen molar-refractivity contribution >= 4 is 17.5 Å². The van der Waals surface area contributed by atoms with Crippen molar-refractivity contribution in [3.63, 3.8) is 0 Å². The maximum Gasteiger partial charge on any atom is 0.248 e. The maximum atomic E-state index is 12.3. The number of ether oxygens (including phenoxy) is 2. The van der Waals surface area contributed by atoms with Gasteiger partial charge in [0.2, 0.25) is 11.8 Å². The molecule has 1 fully saturated rings. The molecule has 28 heavy (non-hydrogen) atoms. The molecule has 0 aliphatic carbocycles. The smallest absolute Gasteiger partial charge is 0.248 e. The van der Waals surface area contributed by atoms with Crippen LogP contribution in [0.5, 0.6) is 5.75 Å². The Morgan fingerprint density at radius 3 is 2.57 bits per heavy atom. The SMILES string of the molecule is COc1ccccc1N1CCN(C(=O)COCC(=O)NCc2ccco2)CC1. The predicted octanol–water partition coefficient (Wildman–Crippen LogP) is 1.27. The zero-order valence-electron chi connectivity index (χ0n) is 15.9. The summed E-state index contributed by atoms with van der Waals surface area (Å²) in [7, 11) is 1.65. The number of amides is 2. The van der Waals surface area contributed by atoms with Gasteiger partial charge in [-0.25, -0.2) is 0 Å². The van der Waals surface area contributed by atoms with Gasteiger partial charge < -0.3 is 29.0 Å². The Morgan fingerprint density at radius 1 is 1.07 bits per heavy atom. The lowest BCUT2D eigenvalue weighted by Crippen LogP contribution is -2.50. The van der Waals surface area contributed by atoms with Gasteiger partial charge in [0.1, 0.15) is 24.7 Å². The van der Waals surface area contributed by atoms with E-state index in [1.54, 1.807) is 30.4 Å². The lowest BCUT2D eigenvalue weighted by Gasteiger charge is -2.36. The molecule has 1 aliphatic heterocycles. The fourth-order valence-electron chi connectivity index (χ4n) is 3.06. The number of piperazine rings is 1. The quantitative estimate of drug-likeness (QED) is 0.734. The number of carbonyl (C=O) groups excluding carboxylic acids is 2. The van der Waals surface area contributed by atoms with E-state index in [9.17, 15) is 9.59 Å². The third-order valence-corrected chi connectivity index (χ3v) is 4.56. The Morgan fingerprint density at radius 2 is 1.86 bits per heavy atom. The second-order valence-electron chi connectivity index (χ2n) is 6.39. The summed E-state index contributed by atoms with van der Waals surface area (Å²) in [5.41, 5.74) is 1.03. The van der Waals surface area contributed by atoms with Crippen molar-refractivity contribution in [2.75, 3.05) is 51.4 Å². The van der Waals surface area contributed by atoms with Crippen molar-refractivity contribution < 1.29 is 23.5 Å². The highest BCUT2D eigenvalue weighted by Gasteiger charge is 2.23. The zero-order chi connectivity index (χ0) is 19.8. The molecule has 0 saturated carbocycles. The third-order valence-electron chi connectivity index (χ3n) is 4.56. The number of nitrogens with one attached hydrogen (secondary N) is 1. The minimum Gasteiger partial charge on any atom is -0.495 e. The molecule has 2 amide bonds. The summed E-state index contributed by atoms with van der Waals surface area (Å²) in [6.07, 6.45) is 1.55. The van der Waals surface area contributed by atoms with Crippen LogP contribution in [-0.4, -0.2) is 63.2 Å². The maximum absolute atomic E-state index is 12.3. The number of benzene rings is 1. The second-order valence-corrected chi connectivity index (χ2v) is 6.39. The number of hydrogen-bond acceptors (Lipinski definition) is 6. The number of nitrogens with zero attached hydrogens (tertiary/aromatic N) is 2. The van der Waals surface area contributed by atoms with E-state index in [0.29, 0.717) is 25.4 Å². The number of carbonyl (C=O) groups is 2. The van der Waals surface area contributed by atoms with Gasteiger partial charge in [0.25, 0.3) is 0 Å².